The zero-order valence-corrected chi connectivity index (χ0v) is 12.5. The molecular weight excluding hydrogens is 306 g/mol. The summed E-state index contributed by atoms with van der Waals surface area (Å²) in [7, 11) is 0. The van der Waals surface area contributed by atoms with Crippen LogP contribution in [-0.4, -0.2) is 15.7 Å². The zero-order chi connectivity index (χ0) is 13.8. The molecule has 1 N–H and O–H groups in total. The molecule has 1 heterocycles. The molecule has 2 aromatic rings. The van der Waals surface area contributed by atoms with Gasteiger partial charge in [-0.1, -0.05) is 26.0 Å². The molecule has 0 fully saturated rings. The van der Waals surface area contributed by atoms with Crippen molar-refractivity contribution < 1.29 is 4.79 Å². The van der Waals surface area contributed by atoms with E-state index in [4.69, 9.17) is 0 Å². The molecule has 1 amide bonds. The molecule has 0 unspecified atom stereocenters. The second-order valence-electron chi connectivity index (χ2n) is 4.68. The van der Waals surface area contributed by atoms with Crippen LogP contribution in [0.4, 0.5) is 5.69 Å². The molecule has 0 aliphatic rings. The highest BCUT2D eigenvalue weighted by Gasteiger charge is 2.05. The van der Waals surface area contributed by atoms with E-state index in [1.807, 2.05) is 24.3 Å². The molecule has 5 heteroatoms. The van der Waals surface area contributed by atoms with E-state index in [9.17, 15) is 4.79 Å². The summed E-state index contributed by atoms with van der Waals surface area (Å²) in [6, 6.07) is 7.91. The van der Waals surface area contributed by atoms with Gasteiger partial charge in [0, 0.05) is 11.9 Å². The summed E-state index contributed by atoms with van der Waals surface area (Å²) in [5.41, 5.74) is 2.06. The number of hydrogen-bond donors (Lipinski definition) is 1. The van der Waals surface area contributed by atoms with E-state index >= 15 is 0 Å². The third kappa shape index (κ3) is 3.92. The van der Waals surface area contributed by atoms with Crippen LogP contribution in [0, 0.1) is 0 Å². The van der Waals surface area contributed by atoms with Crippen molar-refractivity contribution in [2.24, 2.45) is 0 Å². The number of benzene rings is 1. The lowest BCUT2D eigenvalue weighted by Crippen LogP contribution is -2.18. The Kier molecular flexibility index (Phi) is 4.37. The van der Waals surface area contributed by atoms with Crippen molar-refractivity contribution in [3.05, 3.63) is 46.7 Å². The van der Waals surface area contributed by atoms with Gasteiger partial charge in [-0.15, -0.1) is 0 Å². The molecule has 0 aliphatic heterocycles. The molecular formula is C14H16BrN3O. The number of rotatable bonds is 4. The summed E-state index contributed by atoms with van der Waals surface area (Å²) in [5, 5.41) is 6.89. The van der Waals surface area contributed by atoms with E-state index in [1.54, 1.807) is 17.1 Å². The highest BCUT2D eigenvalue weighted by atomic mass is 79.9. The molecule has 0 radical (unpaired) electrons. The quantitative estimate of drug-likeness (QED) is 0.938. The van der Waals surface area contributed by atoms with Gasteiger partial charge in [-0.3, -0.25) is 9.48 Å². The van der Waals surface area contributed by atoms with Gasteiger partial charge in [-0.2, -0.15) is 5.10 Å². The van der Waals surface area contributed by atoms with Crippen LogP contribution in [0.3, 0.4) is 0 Å². The standard InChI is InChI=1S/C14H16BrN3O/c1-10(2)11-3-5-13(6-4-11)17-14(19)9-18-8-12(15)7-16-18/h3-8,10H,9H2,1-2H3,(H,17,19). The fourth-order valence-electron chi connectivity index (χ4n) is 1.72. The Morgan fingerprint density at radius 1 is 1.37 bits per heavy atom. The van der Waals surface area contributed by atoms with Crippen LogP contribution in [0.5, 0.6) is 0 Å². The van der Waals surface area contributed by atoms with E-state index in [1.165, 1.54) is 5.56 Å². The Bertz CT molecular complexity index is 560. The van der Waals surface area contributed by atoms with Gasteiger partial charge < -0.3 is 5.32 Å². The third-order valence-corrected chi connectivity index (χ3v) is 3.18. The fraction of sp³-hybridized carbons (Fsp3) is 0.286. The lowest BCUT2D eigenvalue weighted by molar-refractivity contribution is -0.116. The van der Waals surface area contributed by atoms with Gasteiger partial charge in [-0.05, 0) is 39.5 Å². The second-order valence-corrected chi connectivity index (χ2v) is 5.60. The van der Waals surface area contributed by atoms with Crippen molar-refractivity contribution in [3.8, 4) is 0 Å². The smallest absolute Gasteiger partial charge is 0.246 e. The largest absolute Gasteiger partial charge is 0.324 e. The average molecular weight is 322 g/mol. The summed E-state index contributed by atoms with van der Waals surface area (Å²) in [6.45, 7) is 4.49. The molecule has 100 valence electrons. The monoisotopic (exact) mass is 321 g/mol. The van der Waals surface area contributed by atoms with Gasteiger partial charge in [0.05, 0.1) is 10.7 Å². The Hall–Kier alpha value is -1.62. The molecule has 0 atom stereocenters. The van der Waals surface area contributed by atoms with Crippen molar-refractivity contribution in [1.29, 1.82) is 0 Å². The highest BCUT2D eigenvalue weighted by Crippen LogP contribution is 2.17. The minimum atomic E-state index is -0.0899. The summed E-state index contributed by atoms with van der Waals surface area (Å²) in [5.74, 6) is 0.402. The fourth-order valence-corrected chi connectivity index (χ4v) is 2.05. The van der Waals surface area contributed by atoms with E-state index in [0.29, 0.717) is 5.92 Å². The number of carbonyl (C=O) groups excluding carboxylic acids is 1. The van der Waals surface area contributed by atoms with Crippen molar-refractivity contribution in [2.75, 3.05) is 5.32 Å². The first kappa shape index (κ1) is 13.8. The molecule has 2 rings (SSSR count). The van der Waals surface area contributed by atoms with E-state index in [0.717, 1.165) is 10.2 Å². The molecule has 0 saturated carbocycles. The first-order chi connectivity index (χ1) is 9.04. The summed E-state index contributed by atoms with van der Waals surface area (Å²) in [4.78, 5) is 11.8. The first-order valence-electron chi connectivity index (χ1n) is 6.12. The average Bonchev–Trinajstić information content (AvgIpc) is 2.75. The van der Waals surface area contributed by atoms with Crippen LogP contribution in [-0.2, 0) is 11.3 Å². The van der Waals surface area contributed by atoms with E-state index in [-0.39, 0.29) is 12.5 Å². The molecule has 0 saturated heterocycles. The second kappa shape index (κ2) is 6.02. The predicted molar refractivity (Wildman–Crippen MR) is 79.1 cm³/mol. The SMILES string of the molecule is CC(C)c1ccc(NC(=O)Cn2cc(Br)cn2)cc1. The maximum absolute atomic E-state index is 11.8. The lowest BCUT2D eigenvalue weighted by Gasteiger charge is -2.08. The normalized spacial score (nSPS) is 10.7. The number of anilines is 1. The molecule has 1 aromatic heterocycles. The van der Waals surface area contributed by atoms with E-state index in [2.05, 4.69) is 40.2 Å². The van der Waals surface area contributed by atoms with Gasteiger partial charge in [0.15, 0.2) is 0 Å². The van der Waals surface area contributed by atoms with Crippen LogP contribution in [0.25, 0.3) is 0 Å². The molecule has 0 bridgehead atoms. The van der Waals surface area contributed by atoms with Crippen molar-refractivity contribution in [1.82, 2.24) is 9.78 Å². The van der Waals surface area contributed by atoms with Gasteiger partial charge in [0.2, 0.25) is 5.91 Å². The number of halogens is 1. The third-order valence-electron chi connectivity index (χ3n) is 2.77. The maximum atomic E-state index is 11.8. The number of amides is 1. The Morgan fingerprint density at radius 3 is 2.58 bits per heavy atom. The van der Waals surface area contributed by atoms with E-state index < -0.39 is 0 Å². The Labute approximate surface area is 120 Å². The van der Waals surface area contributed by atoms with Crippen molar-refractivity contribution in [3.63, 3.8) is 0 Å². The Morgan fingerprint density at radius 2 is 2.05 bits per heavy atom. The van der Waals surface area contributed by atoms with Gasteiger partial charge in [0.1, 0.15) is 6.54 Å². The van der Waals surface area contributed by atoms with Gasteiger partial charge in [0.25, 0.3) is 0 Å². The minimum absolute atomic E-state index is 0.0899. The topological polar surface area (TPSA) is 46.9 Å². The summed E-state index contributed by atoms with van der Waals surface area (Å²) >= 11 is 3.30. The summed E-state index contributed by atoms with van der Waals surface area (Å²) in [6.07, 6.45) is 3.42. The van der Waals surface area contributed by atoms with Crippen LogP contribution in [0.1, 0.15) is 25.3 Å². The van der Waals surface area contributed by atoms with Crippen LogP contribution in [0.15, 0.2) is 41.1 Å². The first-order valence-corrected chi connectivity index (χ1v) is 6.91. The number of nitrogens with one attached hydrogen (secondary N) is 1. The Balaban J connectivity index is 1.95. The number of carbonyl (C=O) groups is 1. The van der Waals surface area contributed by atoms with Crippen LogP contribution >= 0.6 is 15.9 Å². The van der Waals surface area contributed by atoms with Crippen molar-refractivity contribution in [2.45, 2.75) is 26.3 Å². The van der Waals surface area contributed by atoms with Gasteiger partial charge in [-0.25, -0.2) is 0 Å². The van der Waals surface area contributed by atoms with Gasteiger partial charge >= 0.3 is 0 Å². The maximum Gasteiger partial charge on any atom is 0.246 e. The molecule has 0 spiro atoms. The predicted octanol–water partition coefficient (Wildman–Crippen LogP) is 3.41. The molecule has 0 aliphatic carbocycles. The van der Waals surface area contributed by atoms with Crippen LogP contribution in [0.2, 0.25) is 0 Å². The molecule has 4 nitrogen and oxygen atoms in total. The lowest BCUT2D eigenvalue weighted by atomic mass is 10.0. The summed E-state index contributed by atoms with van der Waals surface area (Å²) < 4.78 is 2.45. The number of aromatic nitrogens is 2. The molecule has 1 aromatic carbocycles. The number of nitrogens with zero attached hydrogens (tertiary/aromatic N) is 2. The van der Waals surface area contributed by atoms with Crippen LogP contribution < -0.4 is 5.32 Å². The minimum Gasteiger partial charge on any atom is -0.324 e. The van der Waals surface area contributed by atoms with Crippen molar-refractivity contribution >= 4 is 27.5 Å². The molecule has 19 heavy (non-hydrogen) atoms. The number of hydrogen-bond acceptors (Lipinski definition) is 2. The zero-order valence-electron chi connectivity index (χ0n) is 10.9. The highest BCUT2D eigenvalue weighted by molar-refractivity contribution is 9.10.